The van der Waals surface area contributed by atoms with E-state index >= 15 is 0 Å². The third kappa shape index (κ3) is 4.92. The number of furan rings is 1. The lowest BCUT2D eigenvalue weighted by Gasteiger charge is -2.18. The molecule has 3 rings (SSSR count). The first-order valence-corrected chi connectivity index (χ1v) is 12.3. The van der Waals surface area contributed by atoms with Crippen LogP contribution >= 0.6 is 0 Å². The minimum absolute atomic E-state index is 0.0673. The highest BCUT2D eigenvalue weighted by Gasteiger charge is 2.33. The predicted molar refractivity (Wildman–Crippen MR) is 115 cm³/mol. The summed E-state index contributed by atoms with van der Waals surface area (Å²) in [6.07, 6.45) is 1.34. The van der Waals surface area contributed by atoms with E-state index < -0.39 is 31.7 Å². The molecule has 0 aliphatic rings. The van der Waals surface area contributed by atoms with Gasteiger partial charge in [-0.05, 0) is 43.3 Å². The highest BCUT2D eigenvalue weighted by atomic mass is 32.2. The molecule has 0 aliphatic carbocycles. The lowest BCUT2D eigenvalue weighted by Crippen LogP contribution is -2.32. The largest absolute Gasteiger partial charge is 0.497 e. The number of methoxy groups -OCH3 is 2. The molecule has 0 fully saturated rings. The maximum atomic E-state index is 13.3. The van der Waals surface area contributed by atoms with Crippen LogP contribution < -0.4 is 14.2 Å². The van der Waals surface area contributed by atoms with Gasteiger partial charge in [-0.3, -0.25) is 0 Å². The average molecular weight is 466 g/mol. The van der Waals surface area contributed by atoms with Gasteiger partial charge in [0, 0.05) is 12.6 Å². The van der Waals surface area contributed by atoms with Crippen molar-refractivity contribution in [3.63, 3.8) is 0 Å². The van der Waals surface area contributed by atoms with E-state index in [0.717, 1.165) is 5.56 Å². The third-order valence-electron chi connectivity index (χ3n) is 4.70. The van der Waals surface area contributed by atoms with Crippen LogP contribution in [0.2, 0.25) is 0 Å². The van der Waals surface area contributed by atoms with Gasteiger partial charge in [0.25, 0.3) is 0 Å². The van der Waals surface area contributed by atoms with Crippen LogP contribution in [0.4, 0.5) is 0 Å². The minimum atomic E-state index is -4.13. The second kappa shape index (κ2) is 9.13. The van der Waals surface area contributed by atoms with Crippen molar-refractivity contribution in [2.24, 2.45) is 0 Å². The molecule has 0 spiro atoms. The van der Waals surface area contributed by atoms with Crippen LogP contribution in [0.3, 0.4) is 0 Å². The number of rotatable bonds is 9. The molecule has 8 nitrogen and oxygen atoms in total. The summed E-state index contributed by atoms with van der Waals surface area (Å²) in [7, 11) is -5.33. The fourth-order valence-corrected chi connectivity index (χ4v) is 5.91. The second-order valence-electron chi connectivity index (χ2n) is 6.73. The van der Waals surface area contributed by atoms with Crippen molar-refractivity contribution in [3.8, 4) is 11.5 Å². The van der Waals surface area contributed by atoms with Gasteiger partial charge < -0.3 is 13.9 Å². The van der Waals surface area contributed by atoms with Crippen molar-refractivity contribution in [3.05, 3.63) is 72.2 Å². The van der Waals surface area contributed by atoms with Gasteiger partial charge >= 0.3 is 0 Å². The van der Waals surface area contributed by atoms with E-state index in [9.17, 15) is 16.8 Å². The molecule has 31 heavy (non-hydrogen) atoms. The van der Waals surface area contributed by atoms with E-state index in [1.165, 1.54) is 50.8 Å². The van der Waals surface area contributed by atoms with Crippen molar-refractivity contribution in [2.45, 2.75) is 22.0 Å². The van der Waals surface area contributed by atoms with Gasteiger partial charge in [0.05, 0.1) is 25.4 Å². The van der Waals surface area contributed by atoms with E-state index in [2.05, 4.69) is 4.72 Å². The molecule has 0 saturated carbocycles. The Bertz CT molecular complexity index is 1230. The Labute approximate surface area is 181 Å². The van der Waals surface area contributed by atoms with E-state index in [1.54, 1.807) is 24.3 Å². The molecular weight excluding hydrogens is 442 g/mol. The molecule has 10 heteroatoms. The van der Waals surface area contributed by atoms with Crippen molar-refractivity contribution in [1.82, 2.24) is 4.72 Å². The van der Waals surface area contributed by atoms with Gasteiger partial charge in [-0.1, -0.05) is 17.7 Å². The molecule has 0 bridgehead atoms. The van der Waals surface area contributed by atoms with Gasteiger partial charge in [-0.25, -0.2) is 21.6 Å². The Morgan fingerprint density at radius 1 is 0.968 bits per heavy atom. The van der Waals surface area contributed by atoms with Crippen molar-refractivity contribution >= 4 is 19.9 Å². The molecule has 166 valence electrons. The number of ether oxygens (including phenoxy) is 2. The minimum Gasteiger partial charge on any atom is -0.497 e. The summed E-state index contributed by atoms with van der Waals surface area (Å²) in [5.41, 5.74) is 0.902. The Morgan fingerprint density at radius 2 is 1.68 bits per heavy atom. The van der Waals surface area contributed by atoms with Gasteiger partial charge in [0.1, 0.15) is 27.4 Å². The fourth-order valence-electron chi connectivity index (χ4n) is 2.99. The maximum Gasteiger partial charge on any atom is 0.244 e. The van der Waals surface area contributed by atoms with Gasteiger partial charge in [0.15, 0.2) is 9.84 Å². The van der Waals surface area contributed by atoms with Crippen molar-refractivity contribution in [1.29, 1.82) is 0 Å². The Balaban J connectivity index is 1.96. The zero-order chi connectivity index (χ0) is 22.6. The van der Waals surface area contributed by atoms with Crippen LogP contribution in [0.1, 0.15) is 16.6 Å². The highest BCUT2D eigenvalue weighted by molar-refractivity contribution is 7.92. The zero-order valence-corrected chi connectivity index (χ0v) is 18.9. The summed E-state index contributed by atoms with van der Waals surface area (Å²) in [6, 6.07) is 13.7. The van der Waals surface area contributed by atoms with E-state index in [4.69, 9.17) is 13.9 Å². The van der Waals surface area contributed by atoms with Crippen LogP contribution in [0.25, 0.3) is 0 Å². The molecule has 0 amide bonds. The zero-order valence-electron chi connectivity index (χ0n) is 17.2. The van der Waals surface area contributed by atoms with E-state index in [-0.39, 0.29) is 21.3 Å². The summed E-state index contributed by atoms with van der Waals surface area (Å²) in [4.78, 5) is -0.0991. The number of benzene rings is 2. The lowest BCUT2D eigenvalue weighted by atomic mass is 10.2. The SMILES string of the molecule is COc1ccc(OC)c(S(=O)(=O)NC[C@H](c2ccco2)S(=O)(=O)c2ccc(C)cc2)c1. The third-order valence-corrected chi connectivity index (χ3v) is 8.23. The van der Waals surface area contributed by atoms with Gasteiger partial charge in [-0.15, -0.1) is 0 Å². The molecule has 0 saturated heterocycles. The van der Waals surface area contributed by atoms with Crippen molar-refractivity contribution in [2.75, 3.05) is 20.8 Å². The Morgan fingerprint density at radius 3 is 2.26 bits per heavy atom. The van der Waals surface area contributed by atoms with Crippen molar-refractivity contribution < 1.29 is 30.7 Å². The molecule has 0 aliphatic heterocycles. The van der Waals surface area contributed by atoms with Gasteiger partial charge in [-0.2, -0.15) is 0 Å². The summed E-state index contributed by atoms with van der Waals surface area (Å²) in [5.74, 6) is 0.543. The number of aryl methyl sites for hydroxylation is 1. The summed E-state index contributed by atoms with van der Waals surface area (Å²) >= 11 is 0. The maximum absolute atomic E-state index is 13.3. The van der Waals surface area contributed by atoms with E-state index in [1.807, 2.05) is 6.92 Å². The van der Waals surface area contributed by atoms with Crippen LogP contribution in [-0.2, 0) is 19.9 Å². The molecule has 0 unspecified atom stereocenters. The molecule has 0 radical (unpaired) electrons. The molecular formula is C21H23NO7S2. The highest BCUT2D eigenvalue weighted by Crippen LogP contribution is 2.31. The molecule has 1 atom stereocenters. The first-order valence-electron chi connectivity index (χ1n) is 9.24. The number of hydrogen-bond acceptors (Lipinski definition) is 7. The monoisotopic (exact) mass is 465 g/mol. The number of sulfone groups is 1. The van der Waals surface area contributed by atoms with Crippen LogP contribution in [0.15, 0.2) is 75.1 Å². The predicted octanol–water partition coefficient (Wildman–Crippen LogP) is 3.10. The van der Waals surface area contributed by atoms with E-state index in [0.29, 0.717) is 5.75 Å². The van der Waals surface area contributed by atoms with Crippen LogP contribution in [0, 0.1) is 6.92 Å². The Hall–Kier alpha value is -2.82. The molecule has 1 N–H and O–H groups in total. The number of hydrogen-bond donors (Lipinski definition) is 1. The first kappa shape index (κ1) is 22.9. The normalized spacial score (nSPS) is 13.0. The quantitative estimate of drug-likeness (QED) is 0.517. The molecule has 1 heterocycles. The number of sulfonamides is 1. The van der Waals surface area contributed by atoms with Gasteiger partial charge in [0.2, 0.25) is 10.0 Å². The summed E-state index contributed by atoms with van der Waals surface area (Å²) in [6.45, 7) is 1.41. The molecule has 2 aromatic carbocycles. The summed E-state index contributed by atoms with van der Waals surface area (Å²) in [5, 5.41) is -1.27. The fraction of sp³-hybridized carbons (Fsp3) is 0.238. The average Bonchev–Trinajstić information content (AvgIpc) is 3.27. The smallest absolute Gasteiger partial charge is 0.244 e. The number of nitrogens with one attached hydrogen (secondary N) is 1. The van der Waals surface area contributed by atoms with Crippen LogP contribution in [0.5, 0.6) is 11.5 Å². The molecule has 3 aromatic rings. The summed E-state index contributed by atoms with van der Waals surface area (Å²) < 4.78 is 70.5. The standard InChI is InChI=1S/C21H23NO7S2/c1-15-6-9-17(10-7-15)30(23,24)21(19-5-4-12-29-19)14-22-31(25,26)20-13-16(27-2)8-11-18(20)28-3/h4-13,21-22H,14H2,1-3H3/t21-/m1/s1. The van der Waals surface area contributed by atoms with Crippen LogP contribution in [-0.4, -0.2) is 37.6 Å². The second-order valence-corrected chi connectivity index (χ2v) is 10.6. The topological polar surface area (TPSA) is 112 Å². The first-order chi connectivity index (χ1) is 14.7. The molecule has 1 aromatic heterocycles. The Kier molecular flexibility index (Phi) is 6.73. The lowest BCUT2D eigenvalue weighted by molar-refractivity contribution is 0.392.